The van der Waals surface area contributed by atoms with Crippen LogP contribution in [0.3, 0.4) is 0 Å². The van der Waals surface area contributed by atoms with Crippen LogP contribution in [0.1, 0.15) is 68.2 Å². The highest BCUT2D eigenvalue weighted by Gasteiger charge is 2.44. The van der Waals surface area contributed by atoms with Gasteiger partial charge in [0.15, 0.2) is 11.5 Å². The third kappa shape index (κ3) is 2.75. The first kappa shape index (κ1) is 17.5. The van der Waals surface area contributed by atoms with Gasteiger partial charge in [-0.25, -0.2) is 0 Å². The molecule has 5 rings (SSSR count). The van der Waals surface area contributed by atoms with E-state index in [1.54, 1.807) is 12.1 Å². The van der Waals surface area contributed by atoms with Gasteiger partial charge < -0.3 is 14.2 Å². The topological polar surface area (TPSA) is 70.8 Å². The summed E-state index contributed by atoms with van der Waals surface area (Å²) in [7, 11) is 0. The Kier molecular flexibility index (Phi) is 3.88. The number of rotatable bonds is 2. The number of nitro benzene ring substituents is 1. The zero-order valence-electron chi connectivity index (χ0n) is 16.0. The van der Waals surface area contributed by atoms with Crippen LogP contribution >= 0.6 is 0 Å². The van der Waals surface area contributed by atoms with Crippen molar-refractivity contribution in [1.29, 1.82) is 0 Å². The summed E-state index contributed by atoms with van der Waals surface area (Å²) in [6.07, 6.45) is 4.09. The molecule has 2 aromatic rings. The van der Waals surface area contributed by atoms with Crippen LogP contribution in [0.15, 0.2) is 36.4 Å². The summed E-state index contributed by atoms with van der Waals surface area (Å²) >= 11 is 0. The van der Waals surface area contributed by atoms with E-state index in [9.17, 15) is 10.1 Å². The molecule has 2 aliphatic heterocycles. The lowest BCUT2D eigenvalue weighted by atomic mass is 9.75. The Hall–Kier alpha value is -2.60. The first-order valence-electron chi connectivity index (χ1n) is 9.87. The van der Waals surface area contributed by atoms with E-state index in [1.807, 2.05) is 32.0 Å². The SMILES string of the molecule is CC1(C)Oc2ccc3c(c2O1)[C@H]1CCCC[C@H]1O[C@@H]3c1cccc([N+](=O)[O-])c1. The summed E-state index contributed by atoms with van der Waals surface area (Å²) in [6, 6.07) is 10.7. The number of nitro groups is 1. The van der Waals surface area contributed by atoms with E-state index in [-0.39, 0.29) is 28.7 Å². The molecule has 0 saturated heterocycles. The minimum absolute atomic E-state index is 0.0790. The van der Waals surface area contributed by atoms with Crippen LogP contribution in [0.5, 0.6) is 11.5 Å². The average molecular weight is 381 g/mol. The quantitative estimate of drug-likeness (QED) is 0.525. The fraction of sp³-hybridized carbons (Fsp3) is 0.455. The number of benzene rings is 2. The van der Waals surface area contributed by atoms with E-state index in [4.69, 9.17) is 14.2 Å². The van der Waals surface area contributed by atoms with Gasteiger partial charge in [-0.05, 0) is 30.0 Å². The third-order valence-electron chi connectivity index (χ3n) is 5.95. The van der Waals surface area contributed by atoms with Gasteiger partial charge in [-0.3, -0.25) is 10.1 Å². The normalized spacial score (nSPS) is 27.0. The number of nitrogens with zero attached hydrogens (tertiary/aromatic N) is 1. The third-order valence-corrected chi connectivity index (χ3v) is 5.95. The minimum atomic E-state index is -0.693. The van der Waals surface area contributed by atoms with Gasteiger partial charge in [-0.15, -0.1) is 0 Å². The van der Waals surface area contributed by atoms with Gasteiger partial charge in [0.05, 0.1) is 11.0 Å². The number of fused-ring (bicyclic) bond motifs is 5. The first-order chi connectivity index (χ1) is 13.4. The highest BCUT2D eigenvalue weighted by atomic mass is 16.7. The number of hydrogen-bond acceptors (Lipinski definition) is 5. The molecule has 3 atom stereocenters. The van der Waals surface area contributed by atoms with Crippen molar-refractivity contribution in [2.45, 2.75) is 63.4 Å². The van der Waals surface area contributed by atoms with Crippen molar-refractivity contribution < 1.29 is 19.1 Å². The lowest BCUT2D eigenvalue weighted by Crippen LogP contribution is -2.34. The number of hydrogen-bond donors (Lipinski definition) is 0. The lowest BCUT2D eigenvalue weighted by Gasteiger charge is -2.41. The standard InChI is InChI=1S/C22H23NO5/c1-22(2)27-18-11-10-16-19(21(18)28-22)15-8-3-4-9-17(15)26-20(16)13-6-5-7-14(12-13)23(24)25/h5-7,10-12,15,17,20H,3-4,8-9H2,1-2H3/t15-,17+,20+/m0/s1. The minimum Gasteiger partial charge on any atom is -0.449 e. The molecular weight excluding hydrogens is 358 g/mol. The Morgan fingerprint density at radius 3 is 2.75 bits per heavy atom. The average Bonchev–Trinajstić information content (AvgIpc) is 3.01. The molecule has 3 aliphatic rings. The van der Waals surface area contributed by atoms with Crippen molar-refractivity contribution in [2.24, 2.45) is 0 Å². The highest BCUT2D eigenvalue weighted by Crippen LogP contribution is 2.55. The maximum absolute atomic E-state index is 11.3. The molecule has 0 N–H and O–H groups in total. The van der Waals surface area contributed by atoms with Crippen molar-refractivity contribution in [3.63, 3.8) is 0 Å². The van der Waals surface area contributed by atoms with Gasteiger partial charge in [0, 0.05) is 37.5 Å². The summed E-state index contributed by atoms with van der Waals surface area (Å²) in [6.45, 7) is 3.82. The fourth-order valence-corrected chi connectivity index (χ4v) is 4.82. The molecule has 0 bridgehead atoms. The van der Waals surface area contributed by atoms with E-state index in [2.05, 4.69) is 0 Å². The van der Waals surface area contributed by atoms with Crippen LogP contribution in [0.2, 0.25) is 0 Å². The molecule has 0 amide bonds. The van der Waals surface area contributed by atoms with Crippen molar-refractivity contribution in [2.75, 3.05) is 0 Å². The predicted molar refractivity (Wildman–Crippen MR) is 103 cm³/mol. The molecule has 28 heavy (non-hydrogen) atoms. The Morgan fingerprint density at radius 2 is 1.93 bits per heavy atom. The first-order valence-corrected chi connectivity index (χ1v) is 9.87. The van der Waals surface area contributed by atoms with Gasteiger partial charge in [0.1, 0.15) is 6.10 Å². The summed E-state index contributed by atoms with van der Waals surface area (Å²) < 4.78 is 18.7. The van der Waals surface area contributed by atoms with E-state index in [0.29, 0.717) is 0 Å². The van der Waals surface area contributed by atoms with Gasteiger partial charge in [-0.1, -0.05) is 31.0 Å². The monoisotopic (exact) mass is 381 g/mol. The summed E-state index contributed by atoms with van der Waals surface area (Å²) in [5.74, 6) is 1.16. The molecule has 6 heteroatoms. The molecule has 6 nitrogen and oxygen atoms in total. The van der Waals surface area contributed by atoms with Crippen molar-refractivity contribution in [1.82, 2.24) is 0 Å². The lowest BCUT2D eigenvalue weighted by molar-refractivity contribution is -0.385. The summed E-state index contributed by atoms with van der Waals surface area (Å²) in [5, 5.41) is 11.3. The van der Waals surface area contributed by atoms with Crippen molar-refractivity contribution >= 4 is 5.69 Å². The van der Waals surface area contributed by atoms with Gasteiger partial charge in [0.25, 0.3) is 5.69 Å². The van der Waals surface area contributed by atoms with E-state index in [0.717, 1.165) is 47.5 Å². The molecule has 1 saturated carbocycles. The predicted octanol–water partition coefficient (Wildman–Crippen LogP) is 5.25. The molecule has 0 unspecified atom stereocenters. The van der Waals surface area contributed by atoms with Crippen LogP contribution in [0.25, 0.3) is 0 Å². The molecule has 2 heterocycles. The van der Waals surface area contributed by atoms with E-state index >= 15 is 0 Å². The van der Waals surface area contributed by atoms with Gasteiger partial charge >= 0.3 is 0 Å². The second-order valence-corrected chi connectivity index (χ2v) is 8.30. The maximum Gasteiger partial charge on any atom is 0.269 e. The molecule has 1 fully saturated rings. The number of ether oxygens (including phenoxy) is 3. The highest BCUT2D eigenvalue weighted by molar-refractivity contribution is 5.58. The summed E-state index contributed by atoms with van der Waals surface area (Å²) in [4.78, 5) is 10.9. The number of non-ortho nitro benzene ring substituents is 1. The molecular formula is C22H23NO5. The Labute approximate surface area is 163 Å². The zero-order valence-corrected chi connectivity index (χ0v) is 16.0. The Bertz CT molecular complexity index is 954. The van der Waals surface area contributed by atoms with Crippen molar-refractivity contribution in [3.8, 4) is 11.5 Å². The molecule has 0 radical (unpaired) electrons. The summed E-state index contributed by atoms with van der Waals surface area (Å²) in [5.41, 5.74) is 3.08. The van der Waals surface area contributed by atoms with E-state index in [1.165, 1.54) is 12.5 Å². The Morgan fingerprint density at radius 1 is 1.11 bits per heavy atom. The zero-order chi connectivity index (χ0) is 19.5. The fourth-order valence-electron chi connectivity index (χ4n) is 4.82. The molecule has 146 valence electrons. The second-order valence-electron chi connectivity index (χ2n) is 8.30. The molecule has 2 aromatic carbocycles. The maximum atomic E-state index is 11.3. The smallest absolute Gasteiger partial charge is 0.269 e. The molecule has 1 aliphatic carbocycles. The van der Waals surface area contributed by atoms with Crippen LogP contribution in [-0.2, 0) is 4.74 Å². The van der Waals surface area contributed by atoms with Crippen LogP contribution in [0.4, 0.5) is 5.69 Å². The second kappa shape index (κ2) is 6.21. The van der Waals surface area contributed by atoms with Crippen LogP contribution < -0.4 is 9.47 Å². The largest absolute Gasteiger partial charge is 0.449 e. The van der Waals surface area contributed by atoms with Crippen LogP contribution in [-0.4, -0.2) is 16.8 Å². The van der Waals surface area contributed by atoms with E-state index < -0.39 is 5.79 Å². The van der Waals surface area contributed by atoms with Crippen LogP contribution in [0, 0.1) is 10.1 Å². The Balaban J connectivity index is 1.66. The van der Waals surface area contributed by atoms with Gasteiger partial charge in [-0.2, -0.15) is 0 Å². The molecule has 0 aromatic heterocycles. The van der Waals surface area contributed by atoms with Gasteiger partial charge in [0.2, 0.25) is 5.79 Å². The van der Waals surface area contributed by atoms with Crippen molar-refractivity contribution in [3.05, 3.63) is 63.2 Å². The molecule has 0 spiro atoms.